The van der Waals surface area contributed by atoms with Gasteiger partial charge < -0.3 is 9.13 Å². The van der Waals surface area contributed by atoms with Crippen LogP contribution < -0.4 is 0 Å². The van der Waals surface area contributed by atoms with E-state index in [4.69, 9.17) is 0 Å². The van der Waals surface area contributed by atoms with Gasteiger partial charge in [0.2, 0.25) is 0 Å². The van der Waals surface area contributed by atoms with E-state index < -0.39 is 0 Å². The molecule has 0 N–H and O–H groups in total. The molecule has 3 heterocycles. The third-order valence-electron chi connectivity index (χ3n) is 7.00. The molecule has 0 spiro atoms. The number of nitrogens with zero attached hydrogens (tertiary/aromatic N) is 3. The highest BCUT2D eigenvalue weighted by molar-refractivity contribution is 6.20. The lowest BCUT2D eigenvalue weighted by Crippen LogP contribution is -2.21. The lowest BCUT2D eigenvalue weighted by atomic mass is 10.0. The molecule has 34 heavy (non-hydrogen) atoms. The van der Waals surface area contributed by atoms with Crippen molar-refractivity contribution in [3.8, 4) is 5.69 Å². The van der Waals surface area contributed by atoms with Crippen LogP contribution in [0.25, 0.3) is 60.1 Å². The molecular formula is C31H25N3. The van der Waals surface area contributed by atoms with Crippen molar-refractivity contribution < 1.29 is 0 Å². The van der Waals surface area contributed by atoms with Crippen LogP contribution in [0.1, 0.15) is 20.8 Å². The van der Waals surface area contributed by atoms with Crippen LogP contribution in [0.4, 0.5) is 0 Å². The van der Waals surface area contributed by atoms with Crippen molar-refractivity contribution >= 4 is 54.4 Å². The molecule has 3 nitrogen and oxygen atoms in total. The van der Waals surface area contributed by atoms with E-state index in [9.17, 15) is 0 Å². The predicted molar refractivity (Wildman–Crippen MR) is 144 cm³/mol. The summed E-state index contributed by atoms with van der Waals surface area (Å²) in [6.07, 6.45) is 3.79. The summed E-state index contributed by atoms with van der Waals surface area (Å²) < 4.78 is 4.86. The molecule has 3 heteroatoms. The van der Waals surface area contributed by atoms with Crippen LogP contribution in [0, 0.1) is 0 Å². The lowest BCUT2D eigenvalue weighted by molar-refractivity contribution is 0.423. The Morgan fingerprint density at radius 3 is 2.00 bits per heavy atom. The fourth-order valence-corrected chi connectivity index (χ4v) is 5.65. The number of aromatic nitrogens is 3. The van der Waals surface area contributed by atoms with Crippen molar-refractivity contribution in [1.82, 2.24) is 14.1 Å². The molecule has 164 valence electrons. The van der Waals surface area contributed by atoms with Gasteiger partial charge in [-0.3, -0.25) is 4.98 Å². The molecule has 0 saturated carbocycles. The van der Waals surface area contributed by atoms with E-state index in [-0.39, 0.29) is 5.54 Å². The Bertz CT molecular complexity index is 1880. The summed E-state index contributed by atoms with van der Waals surface area (Å²) >= 11 is 0. The molecule has 0 amide bonds. The maximum Gasteiger partial charge on any atom is 0.0645 e. The zero-order valence-corrected chi connectivity index (χ0v) is 19.6. The number of fused-ring (bicyclic) bond motifs is 7. The number of hydrogen-bond donors (Lipinski definition) is 0. The zero-order valence-electron chi connectivity index (χ0n) is 19.6. The van der Waals surface area contributed by atoms with Gasteiger partial charge >= 0.3 is 0 Å². The predicted octanol–water partition coefficient (Wildman–Crippen LogP) is 8.19. The van der Waals surface area contributed by atoms with Crippen molar-refractivity contribution in [1.29, 1.82) is 0 Å². The zero-order chi connectivity index (χ0) is 23.0. The Balaban J connectivity index is 1.74. The molecule has 0 radical (unpaired) electrons. The van der Waals surface area contributed by atoms with Crippen LogP contribution >= 0.6 is 0 Å². The van der Waals surface area contributed by atoms with Gasteiger partial charge in [0.25, 0.3) is 0 Å². The maximum atomic E-state index is 4.44. The molecule has 0 unspecified atom stereocenters. The van der Waals surface area contributed by atoms with E-state index in [0.29, 0.717) is 0 Å². The summed E-state index contributed by atoms with van der Waals surface area (Å²) in [5, 5.41) is 7.63. The van der Waals surface area contributed by atoms with Gasteiger partial charge in [-0.1, -0.05) is 42.5 Å². The van der Waals surface area contributed by atoms with Crippen molar-refractivity contribution in [2.45, 2.75) is 26.3 Å². The summed E-state index contributed by atoms with van der Waals surface area (Å²) in [4.78, 5) is 4.44. The SMILES string of the molecule is CC(C)(C)n1c2ccccc2c2cc3c(cc21)c1cc2ccccc2cc1n3-c1cccnc1. The molecule has 0 aliphatic rings. The topological polar surface area (TPSA) is 22.8 Å². The van der Waals surface area contributed by atoms with Crippen molar-refractivity contribution in [2.24, 2.45) is 0 Å². The van der Waals surface area contributed by atoms with Gasteiger partial charge in [0.05, 0.1) is 28.4 Å². The van der Waals surface area contributed by atoms with Gasteiger partial charge in [0.15, 0.2) is 0 Å². The van der Waals surface area contributed by atoms with E-state index in [0.717, 1.165) is 5.69 Å². The molecule has 7 aromatic rings. The Morgan fingerprint density at radius 1 is 0.588 bits per heavy atom. The van der Waals surface area contributed by atoms with E-state index >= 15 is 0 Å². The van der Waals surface area contributed by atoms with Gasteiger partial charge in [-0.05, 0) is 74.0 Å². The third kappa shape index (κ3) is 2.61. The van der Waals surface area contributed by atoms with Crippen LogP contribution in [0.5, 0.6) is 0 Å². The van der Waals surface area contributed by atoms with Gasteiger partial charge in [0.1, 0.15) is 0 Å². The first-order valence-electron chi connectivity index (χ1n) is 11.8. The van der Waals surface area contributed by atoms with Crippen molar-refractivity contribution in [2.75, 3.05) is 0 Å². The van der Waals surface area contributed by atoms with E-state index in [1.807, 2.05) is 18.5 Å². The highest BCUT2D eigenvalue weighted by Gasteiger charge is 2.23. The molecule has 0 atom stereocenters. The summed E-state index contributed by atoms with van der Waals surface area (Å²) in [5.41, 5.74) is 6.02. The first kappa shape index (κ1) is 19.4. The molecule has 0 aliphatic carbocycles. The standard InChI is InChI=1S/C31H25N3/c1-31(2,3)34-27-13-7-6-12-23(27)25-17-29-26(18-30(25)34)24-15-20-9-4-5-10-21(20)16-28(24)33(29)22-11-8-14-32-19-22/h4-19H,1-3H3. The molecular weight excluding hydrogens is 414 g/mol. The Morgan fingerprint density at radius 2 is 1.24 bits per heavy atom. The minimum atomic E-state index is -0.0382. The smallest absolute Gasteiger partial charge is 0.0645 e. The van der Waals surface area contributed by atoms with Gasteiger partial charge in [-0.2, -0.15) is 0 Å². The van der Waals surface area contributed by atoms with Crippen molar-refractivity contribution in [3.63, 3.8) is 0 Å². The number of hydrogen-bond acceptors (Lipinski definition) is 1. The highest BCUT2D eigenvalue weighted by atomic mass is 15.1. The summed E-state index contributed by atoms with van der Waals surface area (Å²) in [6, 6.07) is 31.0. The minimum absolute atomic E-state index is 0.0382. The quantitative estimate of drug-likeness (QED) is 0.253. The number of para-hydroxylation sites is 1. The maximum absolute atomic E-state index is 4.44. The second kappa shape index (κ2) is 6.71. The Hall–Kier alpha value is -4.11. The third-order valence-corrected chi connectivity index (χ3v) is 7.00. The molecule has 0 bridgehead atoms. The lowest BCUT2D eigenvalue weighted by Gasteiger charge is -2.24. The van der Waals surface area contributed by atoms with Crippen LogP contribution in [0.3, 0.4) is 0 Å². The fraction of sp³-hybridized carbons (Fsp3) is 0.129. The molecule has 0 saturated heterocycles. The monoisotopic (exact) mass is 439 g/mol. The van der Waals surface area contributed by atoms with E-state index in [1.54, 1.807) is 0 Å². The average molecular weight is 440 g/mol. The average Bonchev–Trinajstić information content (AvgIpc) is 3.33. The second-order valence-electron chi connectivity index (χ2n) is 10.2. The molecule has 4 aromatic carbocycles. The van der Waals surface area contributed by atoms with Gasteiger partial charge in [-0.15, -0.1) is 0 Å². The van der Waals surface area contributed by atoms with Gasteiger partial charge in [0, 0.05) is 38.8 Å². The summed E-state index contributed by atoms with van der Waals surface area (Å²) in [6.45, 7) is 6.86. The highest BCUT2D eigenvalue weighted by Crippen LogP contribution is 2.41. The number of benzene rings is 4. The van der Waals surface area contributed by atoms with Crippen molar-refractivity contribution in [3.05, 3.63) is 97.3 Å². The first-order chi connectivity index (χ1) is 16.5. The molecule has 0 aliphatic heterocycles. The molecule has 3 aromatic heterocycles. The summed E-state index contributed by atoms with van der Waals surface area (Å²) in [5.74, 6) is 0. The summed E-state index contributed by atoms with van der Waals surface area (Å²) in [7, 11) is 0. The Labute approximate surface area is 197 Å². The van der Waals surface area contributed by atoms with Crippen LogP contribution in [0.15, 0.2) is 97.3 Å². The minimum Gasteiger partial charge on any atom is -0.335 e. The van der Waals surface area contributed by atoms with Crippen LogP contribution in [-0.2, 0) is 5.54 Å². The van der Waals surface area contributed by atoms with Crippen LogP contribution in [0.2, 0.25) is 0 Å². The second-order valence-corrected chi connectivity index (χ2v) is 10.2. The van der Waals surface area contributed by atoms with E-state index in [1.165, 1.54) is 54.4 Å². The largest absolute Gasteiger partial charge is 0.335 e. The Kier molecular flexibility index (Phi) is 3.82. The molecule has 0 fully saturated rings. The van der Waals surface area contributed by atoms with Crippen LogP contribution in [-0.4, -0.2) is 14.1 Å². The molecule has 7 rings (SSSR count). The number of pyridine rings is 1. The number of rotatable bonds is 1. The first-order valence-corrected chi connectivity index (χ1v) is 11.8. The normalized spacial score (nSPS) is 12.6. The van der Waals surface area contributed by atoms with E-state index in [2.05, 4.69) is 114 Å². The fourth-order valence-electron chi connectivity index (χ4n) is 5.65. The van der Waals surface area contributed by atoms with Gasteiger partial charge in [-0.25, -0.2) is 0 Å².